The molecule has 0 spiro atoms. The first-order valence-electron chi connectivity index (χ1n) is 4.53. The predicted octanol–water partition coefficient (Wildman–Crippen LogP) is 2.93. The number of halogens is 1. The van der Waals surface area contributed by atoms with Gasteiger partial charge in [-0.25, -0.2) is 0 Å². The van der Waals surface area contributed by atoms with Gasteiger partial charge in [-0.3, -0.25) is 14.9 Å². The van der Waals surface area contributed by atoms with Gasteiger partial charge >= 0.3 is 0 Å². The highest BCUT2D eigenvalue weighted by atomic mass is 35.5. The van der Waals surface area contributed by atoms with Crippen LogP contribution in [0, 0.1) is 10.1 Å². The monoisotopic (exact) mass is 227 g/mol. The number of nitro groups is 1. The Balaban J connectivity index is 3.20. The second-order valence-corrected chi connectivity index (χ2v) is 3.47. The Hall–Kier alpha value is -1.42. The molecule has 0 bridgehead atoms. The minimum absolute atomic E-state index is 0.0138. The molecule has 0 radical (unpaired) electrons. The summed E-state index contributed by atoms with van der Waals surface area (Å²) in [7, 11) is 0. The van der Waals surface area contributed by atoms with Gasteiger partial charge in [0.1, 0.15) is 0 Å². The Morgan fingerprint density at radius 2 is 2.20 bits per heavy atom. The zero-order valence-electron chi connectivity index (χ0n) is 8.20. The predicted molar refractivity (Wildman–Crippen MR) is 57.3 cm³/mol. The van der Waals surface area contributed by atoms with Crippen LogP contribution in [0.2, 0.25) is 0 Å². The van der Waals surface area contributed by atoms with Crippen LogP contribution in [0.25, 0.3) is 0 Å². The quantitative estimate of drug-likeness (QED) is 0.451. The molecule has 1 aromatic carbocycles. The van der Waals surface area contributed by atoms with E-state index in [0.717, 1.165) is 6.42 Å². The third-order valence-corrected chi connectivity index (χ3v) is 2.23. The maximum absolute atomic E-state index is 11.0. The van der Waals surface area contributed by atoms with Crippen LogP contribution < -0.4 is 0 Å². The molecule has 80 valence electrons. The number of hydrogen-bond donors (Lipinski definition) is 0. The van der Waals surface area contributed by atoms with Crippen molar-refractivity contribution in [2.24, 2.45) is 0 Å². The first-order valence-corrected chi connectivity index (χ1v) is 4.91. The van der Waals surface area contributed by atoms with Crippen molar-refractivity contribution in [1.29, 1.82) is 0 Å². The van der Waals surface area contributed by atoms with Gasteiger partial charge in [-0.15, -0.1) is 0 Å². The fourth-order valence-electron chi connectivity index (χ4n) is 1.36. The normalized spacial score (nSPS) is 10.0. The highest BCUT2D eigenvalue weighted by molar-refractivity contribution is 6.67. The fraction of sp³-hybridized carbons (Fsp3) is 0.300. The lowest BCUT2D eigenvalue weighted by Gasteiger charge is -2.03. The van der Waals surface area contributed by atoms with Gasteiger partial charge in [0.05, 0.1) is 4.92 Å². The number of nitrogens with zero attached hydrogens (tertiary/aromatic N) is 1. The van der Waals surface area contributed by atoms with Gasteiger partial charge in [0.2, 0.25) is 0 Å². The third kappa shape index (κ3) is 2.76. The van der Waals surface area contributed by atoms with E-state index in [1.165, 1.54) is 18.2 Å². The average molecular weight is 228 g/mol. The molecule has 0 N–H and O–H groups in total. The molecule has 0 heterocycles. The Labute approximate surface area is 92.0 Å². The van der Waals surface area contributed by atoms with Crippen LogP contribution in [0.5, 0.6) is 0 Å². The smallest absolute Gasteiger partial charge is 0.269 e. The molecule has 4 nitrogen and oxygen atoms in total. The van der Waals surface area contributed by atoms with Crippen molar-refractivity contribution in [3.05, 3.63) is 39.4 Å². The SMILES string of the molecule is CCCc1cc([N+](=O)[O-])ccc1C(=O)Cl. The minimum Gasteiger partial charge on any atom is -0.276 e. The van der Waals surface area contributed by atoms with Gasteiger partial charge in [-0.2, -0.15) is 0 Å². The largest absolute Gasteiger partial charge is 0.276 e. The fourth-order valence-corrected chi connectivity index (χ4v) is 1.55. The first-order chi connectivity index (χ1) is 7.06. The van der Waals surface area contributed by atoms with Gasteiger partial charge in [0, 0.05) is 17.7 Å². The second-order valence-electron chi connectivity index (χ2n) is 3.12. The maximum Gasteiger partial charge on any atom is 0.269 e. The number of aryl methyl sites for hydroxylation is 1. The molecular formula is C10H10ClNO3. The summed E-state index contributed by atoms with van der Waals surface area (Å²) in [6, 6.07) is 4.09. The molecule has 0 aliphatic carbocycles. The van der Waals surface area contributed by atoms with Crippen molar-refractivity contribution in [3.63, 3.8) is 0 Å². The maximum atomic E-state index is 11.0. The minimum atomic E-state index is -0.576. The molecule has 0 amide bonds. The number of benzene rings is 1. The molecule has 15 heavy (non-hydrogen) atoms. The Bertz CT molecular complexity index is 404. The highest BCUT2D eigenvalue weighted by Gasteiger charge is 2.13. The summed E-state index contributed by atoms with van der Waals surface area (Å²) in [5.41, 5.74) is 0.968. The van der Waals surface area contributed by atoms with Crippen molar-refractivity contribution in [3.8, 4) is 0 Å². The molecule has 0 saturated heterocycles. The van der Waals surface area contributed by atoms with Crippen LogP contribution in [0.1, 0.15) is 29.3 Å². The Kier molecular flexibility index (Phi) is 3.80. The van der Waals surface area contributed by atoms with E-state index in [1.54, 1.807) is 0 Å². The molecule has 0 aromatic heterocycles. The van der Waals surface area contributed by atoms with Gasteiger partial charge in [0.15, 0.2) is 0 Å². The molecule has 1 rings (SSSR count). The number of rotatable bonds is 4. The Morgan fingerprint density at radius 1 is 1.53 bits per heavy atom. The van der Waals surface area contributed by atoms with Crippen LogP contribution in [-0.4, -0.2) is 10.2 Å². The van der Waals surface area contributed by atoms with E-state index < -0.39 is 10.2 Å². The number of nitro benzene ring substituents is 1. The van der Waals surface area contributed by atoms with Gasteiger partial charge < -0.3 is 0 Å². The van der Waals surface area contributed by atoms with Crippen LogP contribution in [0.4, 0.5) is 5.69 Å². The van der Waals surface area contributed by atoms with Crippen LogP contribution in [0.3, 0.4) is 0 Å². The van der Waals surface area contributed by atoms with Crippen molar-refractivity contribution >= 4 is 22.5 Å². The second kappa shape index (κ2) is 4.89. The molecule has 1 aromatic rings. The van der Waals surface area contributed by atoms with Crippen molar-refractivity contribution in [2.45, 2.75) is 19.8 Å². The van der Waals surface area contributed by atoms with Gasteiger partial charge in [-0.05, 0) is 29.7 Å². The van der Waals surface area contributed by atoms with E-state index in [9.17, 15) is 14.9 Å². The lowest BCUT2D eigenvalue weighted by atomic mass is 10.0. The van der Waals surface area contributed by atoms with Gasteiger partial charge in [-0.1, -0.05) is 13.3 Å². The number of carbonyl (C=O) groups is 1. The lowest BCUT2D eigenvalue weighted by molar-refractivity contribution is -0.384. The summed E-state index contributed by atoms with van der Waals surface area (Å²) >= 11 is 5.37. The zero-order valence-corrected chi connectivity index (χ0v) is 8.95. The molecule has 5 heteroatoms. The number of hydrogen-bond acceptors (Lipinski definition) is 3. The topological polar surface area (TPSA) is 60.2 Å². The summed E-state index contributed by atoms with van der Waals surface area (Å²) < 4.78 is 0. The molecule has 0 fully saturated rings. The average Bonchev–Trinajstić information content (AvgIpc) is 2.17. The van der Waals surface area contributed by atoms with Gasteiger partial charge in [0.25, 0.3) is 10.9 Å². The van der Waals surface area contributed by atoms with Crippen LogP contribution >= 0.6 is 11.6 Å². The summed E-state index contributed by atoms with van der Waals surface area (Å²) in [6.07, 6.45) is 1.41. The van der Waals surface area contributed by atoms with E-state index in [2.05, 4.69) is 0 Å². The van der Waals surface area contributed by atoms with E-state index in [0.29, 0.717) is 17.5 Å². The highest BCUT2D eigenvalue weighted by Crippen LogP contribution is 2.20. The van der Waals surface area contributed by atoms with E-state index >= 15 is 0 Å². The summed E-state index contributed by atoms with van der Waals surface area (Å²) in [6.45, 7) is 1.93. The third-order valence-electron chi connectivity index (χ3n) is 2.03. The molecule has 0 atom stereocenters. The molecule has 0 unspecified atom stereocenters. The van der Waals surface area contributed by atoms with Crippen molar-refractivity contribution in [1.82, 2.24) is 0 Å². The zero-order chi connectivity index (χ0) is 11.4. The van der Waals surface area contributed by atoms with Crippen LogP contribution in [0.15, 0.2) is 18.2 Å². The molecular weight excluding hydrogens is 218 g/mol. The molecule has 0 aliphatic rings. The molecule has 0 saturated carbocycles. The Morgan fingerprint density at radius 3 is 2.67 bits per heavy atom. The summed E-state index contributed by atoms with van der Waals surface area (Å²) in [5.74, 6) is 0. The van der Waals surface area contributed by atoms with E-state index in [1.807, 2.05) is 6.92 Å². The van der Waals surface area contributed by atoms with Crippen molar-refractivity contribution < 1.29 is 9.72 Å². The standard InChI is InChI=1S/C10H10ClNO3/c1-2-3-7-6-8(12(14)15)4-5-9(7)10(11)13/h4-6H,2-3H2,1H3. The number of non-ortho nitro benzene ring substituents is 1. The van der Waals surface area contributed by atoms with Crippen molar-refractivity contribution in [2.75, 3.05) is 0 Å². The van der Waals surface area contributed by atoms with E-state index in [4.69, 9.17) is 11.6 Å². The lowest BCUT2D eigenvalue weighted by Crippen LogP contribution is -1.99. The summed E-state index contributed by atoms with van der Waals surface area (Å²) in [5, 5.41) is 9.95. The first kappa shape index (κ1) is 11.7. The van der Waals surface area contributed by atoms with Crippen LogP contribution in [-0.2, 0) is 6.42 Å². The molecule has 0 aliphatic heterocycles. The number of carbonyl (C=O) groups excluding carboxylic acids is 1. The summed E-state index contributed by atoms with van der Waals surface area (Å²) in [4.78, 5) is 21.1. The van der Waals surface area contributed by atoms with E-state index in [-0.39, 0.29) is 5.69 Å².